The first-order chi connectivity index (χ1) is 8.43. The van der Waals surface area contributed by atoms with Crippen LogP contribution in [0.3, 0.4) is 0 Å². The van der Waals surface area contributed by atoms with Crippen LogP contribution in [0.15, 0.2) is 12.3 Å². The summed E-state index contributed by atoms with van der Waals surface area (Å²) in [7, 11) is 1.88. The number of likely N-dealkylation sites (N-methyl/N-ethyl adjacent to an activating group) is 1. The number of nitro groups is 1. The lowest BCUT2D eigenvalue weighted by atomic mass is 9.99. The van der Waals surface area contributed by atoms with E-state index in [1.165, 1.54) is 0 Å². The van der Waals surface area contributed by atoms with Gasteiger partial charge >= 0.3 is 0 Å². The molecule has 0 aliphatic rings. The van der Waals surface area contributed by atoms with Crippen molar-refractivity contribution in [1.82, 2.24) is 10.3 Å². The van der Waals surface area contributed by atoms with E-state index in [9.17, 15) is 10.1 Å². The molecule has 0 amide bonds. The zero-order chi connectivity index (χ0) is 13.7. The van der Waals surface area contributed by atoms with Crippen molar-refractivity contribution in [2.45, 2.75) is 39.7 Å². The lowest BCUT2D eigenvalue weighted by Gasteiger charge is -2.17. The molecule has 1 N–H and O–H groups in total. The SMILES string of the molecule is CNC(Cc1ncc(C)cc1[N+](=O)[O-])CC(C)C. The number of aromatic nitrogens is 1. The highest BCUT2D eigenvalue weighted by Gasteiger charge is 2.19. The monoisotopic (exact) mass is 251 g/mol. The maximum absolute atomic E-state index is 11.0. The van der Waals surface area contributed by atoms with Crippen LogP contribution >= 0.6 is 0 Å². The second-order valence-corrected chi connectivity index (χ2v) is 5.05. The molecule has 5 heteroatoms. The predicted molar refractivity (Wildman–Crippen MR) is 71.6 cm³/mol. The van der Waals surface area contributed by atoms with Crippen molar-refractivity contribution >= 4 is 5.69 Å². The highest BCUT2D eigenvalue weighted by atomic mass is 16.6. The van der Waals surface area contributed by atoms with E-state index in [1.807, 2.05) is 14.0 Å². The molecule has 1 heterocycles. The Labute approximate surface area is 108 Å². The summed E-state index contributed by atoms with van der Waals surface area (Å²) in [4.78, 5) is 14.9. The van der Waals surface area contributed by atoms with Crippen molar-refractivity contribution in [3.63, 3.8) is 0 Å². The quantitative estimate of drug-likeness (QED) is 0.623. The van der Waals surface area contributed by atoms with E-state index in [0.717, 1.165) is 12.0 Å². The van der Waals surface area contributed by atoms with Gasteiger partial charge < -0.3 is 5.32 Å². The summed E-state index contributed by atoms with van der Waals surface area (Å²) in [6.07, 6.45) is 3.25. The first-order valence-corrected chi connectivity index (χ1v) is 6.21. The summed E-state index contributed by atoms with van der Waals surface area (Å²) in [5.74, 6) is 0.548. The molecule has 5 nitrogen and oxygen atoms in total. The van der Waals surface area contributed by atoms with E-state index in [1.54, 1.807) is 12.3 Å². The Balaban J connectivity index is 2.91. The molecule has 0 saturated heterocycles. The molecule has 0 spiro atoms. The molecule has 18 heavy (non-hydrogen) atoms. The van der Waals surface area contributed by atoms with Gasteiger partial charge in [0.2, 0.25) is 0 Å². The predicted octanol–water partition coefficient (Wildman–Crippen LogP) is 2.47. The molecule has 0 aromatic carbocycles. The zero-order valence-electron chi connectivity index (χ0n) is 11.4. The van der Waals surface area contributed by atoms with Crippen LogP contribution in [-0.2, 0) is 6.42 Å². The van der Waals surface area contributed by atoms with Gasteiger partial charge in [-0.05, 0) is 31.9 Å². The fourth-order valence-electron chi connectivity index (χ4n) is 2.00. The molecular weight excluding hydrogens is 230 g/mol. The molecule has 0 fully saturated rings. The fraction of sp³-hybridized carbons (Fsp3) is 0.615. The van der Waals surface area contributed by atoms with E-state index in [0.29, 0.717) is 18.0 Å². The Morgan fingerprint density at radius 1 is 1.50 bits per heavy atom. The Morgan fingerprint density at radius 2 is 2.17 bits per heavy atom. The van der Waals surface area contributed by atoms with Crippen LogP contribution in [-0.4, -0.2) is 23.0 Å². The average Bonchev–Trinajstić information content (AvgIpc) is 2.29. The van der Waals surface area contributed by atoms with Gasteiger partial charge in [0.15, 0.2) is 0 Å². The summed E-state index contributed by atoms with van der Waals surface area (Å²) in [6.45, 7) is 6.09. The van der Waals surface area contributed by atoms with Gasteiger partial charge in [-0.1, -0.05) is 13.8 Å². The number of hydrogen-bond acceptors (Lipinski definition) is 4. The Morgan fingerprint density at radius 3 is 2.67 bits per heavy atom. The molecule has 1 rings (SSSR count). The molecule has 0 aliphatic heterocycles. The first kappa shape index (κ1) is 14.6. The smallest absolute Gasteiger partial charge is 0.291 e. The summed E-state index contributed by atoms with van der Waals surface area (Å²) >= 11 is 0. The number of hydrogen-bond donors (Lipinski definition) is 1. The molecule has 0 bridgehead atoms. The van der Waals surface area contributed by atoms with Gasteiger partial charge in [0.1, 0.15) is 5.69 Å². The van der Waals surface area contributed by atoms with Gasteiger partial charge in [-0.15, -0.1) is 0 Å². The molecule has 1 atom stereocenters. The Bertz CT molecular complexity index is 419. The summed E-state index contributed by atoms with van der Waals surface area (Å²) in [6, 6.07) is 1.81. The maximum atomic E-state index is 11.0. The van der Waals surface area contributed by atoms with Crippen molar-refractivity contribution in [3.8, 4) is 0 Å². The van der Waals surface area contributed by atoms with E-state index in [2.05, 4.69) is 24.1 Å². The van der Waals surface area contributed by atoms with Crippen molar-refractivity contribution in [2.24, 2.45) is 5.92 Å². The van der Waals surface area contributed by atoms with Crippen LogP contribution in [0.4, 0.5) is 5.69 Å². The minimum Gasteiger partial charge on any atom is -0.317 e. The van der Waals surface area contributed by atoms with Crippen molar-refractivity contribution in [2.75, 3.05) is 7.05 Å². The van der Waals surface area contributed by atoms with Crippen molar-refractivity contribution in [3.05, 3.63) is 33.6 Å². The molecule has 0 saturated carbocycles. The largest absolute Gasteiger partial charge is 0.317 e. The second-order valence-electron chi connectivity index (χ2n) is 5.05. The van der Waals surface area contributed by atoms with E-state index < -0.39 is 0 Å². The van der Waals surface area contributed by atoms with Gasteiger partial charge in [0.05, 0.1) is 4.92 Å². The Hall–Kier alpha value is -1.49. The van der Waals surface area contributed by atoms with Crippen LogP contribution in [0.5, 0.6) is 0 Å². The molecule has 1 aromatic rings. The van der Waals surface area contributed by atoms with Crippen LogP contribution in [0.1, 0.15) is 31.5 Å². The highest BCUT2D eigenvalue weighted by molar-refractivity contribution is 5.38. The standard InChI is InChI=1S/C13H21N3O2/c1-9(2)5-11(14-4)7-12-13(16(17)18)6-10(3)8-15-12/h6,8-9,11,14H,5,7H2,1-4H3. The summed E-state index contributed by atoms with van der Waals surface area (Å²) in [5.41, 5.74) is 1.50. The molecule has 0 radical (unpaired) electrons. The number of rotatable bonds is 6. The average molecular weight is 251 g/mol. The summed E-state index contributed by atoms with van der Waals surface area (Å²) < 4.78 is 0. The van der Waals surface area contributed by atoms with Crippen molar-refractivity contribution in [1.29, 1.82) is 0 Å². The minimum atomic E-state index is -0.350. The third-order valence-corrected chi connectivity index (χ3v) is 2.88. The number of nitrogens with one attached hydrogen (secondary N) is 1. The first-order valence-electron chi connectivity index (χ1n) is 6.21. The van der Waals surface area contributed by atoms with Crippen LogP contribution < -0.4 is 5.32 Å². The molecule has 0 aliphatic carbocycles. The van der Waals surface area contributed by atoms with Gasteiger partial charge in [0, 0.05) is 24.7 Å². The number of pyridine rings is 1. The van der Waals surface area contributed by atoms with Gasteiger partial charge in [-0.25, -0.2) is 0 Å². The number of aryl methyl sites for hydroxylation is 1. The third-order valence-electron chi connectivity index (χ3n) is 2.88. The zero-order valence-corrected chi connectivity index (χ0v) is 11.4. The number of nitrogens with zero attached hydrogens (tertiary/aromatic N) is 2. The van der Waals surface area contributed by atoms with Crippen LogP contribution in [0, 0.1) is 23.0 Å². The molecule has 1 unspecified atom stereocenters. The van der Waals surface area contributed by atoms with Gasteiger partial charge in [-0.2, -0.15) is 0 Å². The van der Waals surface area contributed by atoms with Gasteiger partial charge in [-0.3, -0.25) is 15.1 Å². The second kappa shape index (κ2) is 6.44. The fourth-order valence-corrected chi connectivity index (χ4v) is 2.00. The third kappa shape index (κ3) is 4.07. The van der Waals surface area contributed by atoms with E-state index in [4.69, 9.17) is 0 Å². The molecule has 100 valence electrons. The Kier molecular flexibility index (Phi) is 5.22. The van der Waals surface area contributed by atoms with E-state index >= 15 is 0 Å². The van der Waals surface area contributed by atoms with Gasteiger partial charge in [0.25, 0.3) is 5.69 Å². The van der Waals surface area contributed by atoms with E-state index in [-0.39, 0.29) is 16.7 Å². The highest BCUT2D eigenvalue weighted by Crippen LogP contribution is 2.20. The molecular formula is C13H21N3O2. The van der Waals surface area contributed by atoms with Crippen molar-refractivity contribution < 1.29 is 4.92 Å². The molecule has 1 aromatic heterocycles. The van der Waals surface area contributed by atoms with Crippen LogP contribution in [0.25, 0.3) is 0 Å². The lowest BCUT2D eigenvalue weighted by Crippen LogP contribution is -2.29. The summed E-state index contributed by atoms with van der Waals surface area (Å²) in [5, 5.41) is 14.2. The topological polar surface area (TPSA) is 68.1 Å². The van der Waals surface area contributed by atoms with Crippen LogP contribution in [0.2, 0.25) is 0 Å². The minimum absolute atomic E-state index is 0.124. The normalized spacial score (nSPS) is 12.7. The maximum Gasteiger partial charge on any atom is 0.291 e. The lowest BCUT2D eigenvalue weighted by molar-refractivity contribution is -0.386.